The summed E-state index contributed by atoms with van der Waals surface area (Å²) < 4.78 is 35.9. The minimum absolute atomic E-state index is 0.185. The molecule has 0 aliphatic heterocycles. The first-order valence-corrected chi connectivity index (χ1v) is 8.01. The first-order valence-electron chi connectivity index (χ1n) is 6.40. The van der Waals surface area contributed by atoms with Crippen molar-refractivity contribution >= 4 is 22.8 Å². The van der Waals surface area contributed by atoms with Crippen molar-refractivity contribution < 1.29 is 33.5 Å². The zero-order valence-electron chi connectivity index (χ0n) is 13.3. The van der Waals surface area contributed by atoms with Crippen molar-refractivity contribution in [1.82, 2.24) is 0 Å². The molecule has 0 atom stereocenters. The number of nitrogens with zero attached hydrogens (tertiary/aromatic N) is 1. The van der Waals surface area contributed by atoms with Crippen LogP contribution in [0.5, 0.6) is 0 Å². The highest BCUT2D eigenvalue weighted by atomic mass is 35.7. The topological polar surface area (TPSA) is 95.2 Å². The summed E-state index contributed by atoms with van der Waals surface area (Å²) >= 11 is 6.22. The van der Waals surface area contributed by atoms with E-state index in [2.05, 4.69) is 45.0 Å². The van der Waals surface area contributed by atoms with Gasteiger partial charge in [-0.25, -0.2) is 23.2 Å². The van der Waals surface area contributed by atoms with Crippen molar-refractivity contribution in [1.29, 1.82) is 0 Å². The highest BCUT2D eigenvalue weighted by Crippen LogP contribution is 2.25. The van der Waals surface area contributed by atoms with Crippen LogP contribution < -0.4 is 18.6 Å². The quantitative estimate of drug-likeness (QED) is 0.513. The molecule has 0 aliphatic carbocycles. The molecule has 0 aliphatic rings. The second kappa shape index (κ2) is 8.62. The van der Waals surface area contributed by atoms with Crippen LogP contribution >= 0.6 is 11.6 Å². The molecule has 22 heavy (non-hydrogen) atoms. The number of hydrogen-bond acceptors (Lipinski definition) is 4. The number of rotatable bonds is 2. The van der Waals surface area contributed by atoms with Gasteiger partial charge in [-0.3, -0.25) is 0 Å². The van der Waals surface area contributed by atoms with Gasteiger partial charge in [0, 0.05) is 6.08 Å². The van der Waals surface area contributed by atoms with Gasteiger partial charge in [-0.2, -0.15) is 0 Å². The third-order valence-electron chi connectivity index (χ3n) is 2.55. The maximum atomic E-state index is 8.49. The van der Waals surface area contributed by atoms with Crippen LogP contribution in [-0.2, 0) is 5.41 Å². The SMILES string of the molecule is C[N+](C)=C/C=C(\Cl)c1ccc(C(C)(C)C)cc1.[O-][Cl+3]([O-])([O-])[O-]. The van der Waals surface area contributed by atoms with Gasteiger partial charge in [0.15, 0.2) is 6.21 Å². The predicted octanol–water partition coefficient (Wildman–Crippen LogP) is -0.849. The summed E-state index contributed by atoms with van der Waals surface area (Å²) in [4.78, 5) is 0. The molecule has 0 N–H and O–H groups in total. The van der Waals surface area contributed by atoms with Crippen LogP contribution in [0.25, 0.3) is 5.03 Å². The van der Waals surface area contributed by atoms with Gasteiger partial charge in [-0.05, 0) is 16.5 Å². The van der Waals surface area contributed by atoms with E-state index in [1.54, 1.807) is 0 Å². The van der Waals surface area contributed by atoms with Crippen LogP contribution in [0.2, 0.25) is 0 Å². The Labute approximate surface area is 138 Å². The number of hydrogen-bond donors (Lipinski definition) is 0. The van der Waals surface area contributed by atoms with Gasteiger partial charge in [-0.1, -0.05) is 56.6 Å². The van der Waals surface area contributed by atoms with E-state index in [1.165, 1.54) is 5.56 Å². The summed E-state index contributed by atoms with van der Waals surface area (Å²) in [6.45, 7) is 6.62. The van der Waals surface area contributed by atoms with Crippen LogP contribution in [0.3, 0.4) is 0 Å². The largest absolute Gasteiger partial charge is 0.241 e. The summed E-state index contributed by atoms with van der Waals surface area (Å²) in [7, 11) is -0.993. The van der Waals surface area contributed by atoms with Crippen molar-refractivity contribution in [3.63, 3.8) is 0 Å². The van der Waals surface area contributed by atoms with Crippen LogP contribution in [0.4, 0.5) is 0 Å². The highest BCUT2D eigenvalue weighted by molar-refractivity contribution is 6.49. The monoisotopic (exact) mass is 349 g/mol. The summed E-state index contributed by atoms with van der Waals surface area (Å²) in [6.07, 6.45) is 3.85. The van der Waals surface area contributed by atoms with Gasteiger partial charge in [0.25, 0.3) is 0 Å². The molecule has 1 aromatic carbocycles. The van der Waals surface area contributed by atoms with Gasteiger partial charge in [-0.15, -0.1) is 10.2 Å². The minimum atomic E-state index is -4.94. The van der Waals surface area contributed by atoms with Crippen molar-refractivity contribution in [2.24, 2.45) is 0 Å². The summed E-state index contributed by atoms with van der Waals surface area (Å²) in [5.41, 5.74) is 2.56. The fourth-order valence-corrected chi connectivity index (χ4v) is 1.62. The van der Waals surface area contributed by atoms with Crippen molar-refractivity contribution in [2.75, 3.05) is 14.1 Å². The lowest BCUT2D eigenvalue weighted by atomic mass is 9.87. The first kappa shape index (κ1) is 21.0. The predicted molar refractivity (Wildman–Crippen MR) is 77.1 cm³/mol. The molecule has 0 saturated carbocycles. The van der Waals surface area contributed by atoms with Gasteiger partial charge < -0.3 is 0 Å². The van der Waals surface area contributed by atoms with Gasteiger partial charge in [0.2, 0.25) is 0 Å². The Morgan fingerprint density at radius 2 is 1.45 bits per heavy atom. The molecule has 0 amide bonds. The Kier molecular flexibility index (Phi) is 8.25. The van der Waals surface area contributed by atoms with E-state index < -0.39 is 10.2 Å². The average molecular weight is 350 g/mol. The second-order valence-electron chi connectivity index (χ2n) is 5.83. The number of halogens is 2. The first-order chi connectivity index (χ1) is 9.80. The van der Waals surface area contributed by atoms with E-state index >= 15 is 0 Å². The average Bonchev–Trinajstić information content (AvgIpc) is 2.33. The molecule has 0 unspecified atom stereocenters. The van der Waals surface area contributed by atoms with Crippen molar-refractivity contribution in [3.8, 4) is 0 Å². The Morgan fingerprint density at radius 1 is 1.05 bits per heavy atom. The van der Waals surface area contributed by atoms with Gasteiger partial charge in [0.1, 0.15) is 14.1 Å². The molecule has 0 fully saturated rings. The van der Waals surface area contributed by atoms with E-state index in [0.29, 0.717) is 0 Å². The maximum absolute atomic E-state index is 8.49. The molecular formula is C15H21Cl2NO4. The Balaban J connectivity index is 0.000000763. The zero-order valence-corrected chi connectivity index (χ0v) is 14.8. The van der Waals surface area contributed by atoms with E-state index in [9.17, 15) is 0 Å². The molecule has 0 spiro atoms. The standard InChI is InChI=1S/C15H21ClN.ClHO4/c1-15(2,3)13-8-6-12(7-9-13)14(16)10-11-17(4)5;2-1(3,4)5/h6-11H,1-5H3;(H,2,3,4,5)/q+1;/p-1/b14-10-;. The summed E-state index contributed by atoms with van der Waals surface area (Å²) in [5, 5.41) is 0.763. The van der Waals surface area contributed by atoms with E-state index in [-0.39, 0.29) is 5.41 Å². The third kappa shape index (κ3) is 10.7. The molecule has 1 aromatic rings. The van der Waals surface area contributed by atoms with E-state index in [4.69, 9.17) is 30.2 Å². The van der Waals surface area contributed by atoms with Crippen molar-refractivity contribution in [3.05, 3.63) is 41.5 Å². The van der Waals surface area contributed by atoms with Crippen molar-refractivity contribution in [2.45, 2.75) is 26.2 Å². The lowest BCUT2D eigenvalue weighted by molar-refractivity contribution is -2.00. The zero-order chi connectivity index (χ0) is 17.6. The molecule has 0 heterocycles. The third-order valence-corrected chi connectivity index (χ3v) is 2.89. The molecule has 124 valence electrons. The fourth-order valence-electron chi connectivity index (χ4n) is 1.44. The van der Waals surface area contributed by atoms with E-state index in [1.807, 2.05) is 31.0 Å². The Morgan fingerprint density at radius 3 is 1.77 bits per heavy atom. The second-order valence-corrected chi connectivity index (χ2v) is 7.00. The highest BCUT2D eigenvalue weighted by Gasteiger charge is 2.13. The number of allylic oxidation sites excluding steroid dienone is 1. The maximum Gasteiger partial charge on any atom is 0.164 e. The minimum Gasteiger partial charge on any atom is -0.241 e. The Hall–Kier alpha value is -0.950. The smallest absolute Gasteiger partial charge is 0.164 e. The molecule has 7 heteroatoms. The Bertz CT molecular complexity index is 516. The van der Waals surface area contributed by atoms with Crippen LogP contribution in [0.1, 0.15) is 31.9 Å². The molecule has 1 rings (SSSR count). The molecular weight excluding hydrogens is 329 g/mol. The van der Waals surface area contributed by atoms with Crippen LogP contribution in [0, 0.1) is 10.2 Å². The van der Waals surface area contributed by atoms with Gasteiger partial charge in [0.05, 0.1) is 5.03 Å². The molecule has 0 aromatic heterocycles. The lowest BCUT2D eigenvalue weighted by Crippen LogP contribution is -2.68. The summed E-state index contributed by atoms with van der Waals surface area (Å²) in [5.74, 6) is 0. The molecule has 0 bridgehead atoms. The fraction of sp³-hybridized carbons (Fsp3) is 0.400. The normalized spacial score (nSPS) is 12.4. The van der Waals surface area contributed by atoms with E-state index in [0.717, 1.165) is 10.6 Å². The number of benzene rings is 1. The lowest BCUT2D eigenvalue weighted by Gasteiger charge is -2.19. The molecule has 5 nitrogen and oxygen atoms in total. The summed E-state index contributed by atoms with van der Waals surface area (Å²) in [6, 6.07) is 8.42. The van der Waals surface area contributed by atoms with Gasteiger partial charge >= 0.3 is 0 Å². The van der Waals surface area contributed by atoms with Crippen LogP contribution in [-0.4, -0.2) is 24.9 Å². The van der Waals surface area contributed by atoms with Crippen LogP contribution in [0.15, 0.2) is 30.3 Å². The molecule has 0 saturated heterocycles. The molecule has 0 radical (unpaired) electrons.